The summed E-state index contributed by atoms with van der Waals surface area (Å²) >= 11 is 2.36. The fraction of sp³-hybridized carbons (Fsp3) is 0.765. The van der Waals surface area contributed by atoms with Crippen molar-refractivity contribution in [1.82, 2.24) is 0 Å². The number of thioether (sulfide) groups is 2. The molecule has 0 unspecified atom stereocenters. The second kappa shape index (κ2) is 16.1. The molecular formula is C17H28O4S2. The van der Waals surface area contributed by atoms with E-state index < -0.39 is 11.9 Å². The first kappa shape index (κ1) is 22.2. The molecular weight excluding hydrogens is 332 g/mol. The summed E-state index contributed by atoms with van der Waals surface area (Å²) in [6, 6.07) is 0. The van der Waals surface area contributed by atoms with Gasteiger partial charge in [0.25, 0.3) is 0 Å². The van der Waals surface area contributed by atoms with Gasteiger partial charge in [-0.1, -0.05) is 57.8 Å². The highest BCUT2D eigenvalue weighted by molar-refractivity contribution is 8.17. The van der Waals surface area contributed by atoms with E-state index in [1.54, 1.807) is 0 Å². The Morgan fingerprint density at radius 2 is 1.35 bits per heavy atom. The summed E-state index contributed by atoms with van der Waals surface area (Å²) in [5.41, 5.74) is 0. The van der Waals surface area contributed by atoms with Crippen LogP contribution in [-0.2, 0) is 9.59 Å². The van der Waals surface area contributed by atoms with E-state index in [4.69, 9.17) is 10.2 Å². The molecule has 0 atom stereocenters. The van der Waals surface area contributed by atoms with Crippen molar-refractivity contribution >= 4 is 35.5 Å². The van der Waals surface area contributed by atoms with E-state index in [-0.39, 0.29) is 16.1 Å². The topological polar surface area (TPSA) is 74.6 Å². The van der Waals surface area contributed by atoms with Crippen LogP contribution in [-0.4, -0.2) is 38.2 Å². The second-order valence-corrected chi connectivity index (χ2v) is 7.77. The molecule has 0 fully saturated rings. The normalized spacial score (nSPS) is 10.3. The summed E-state index contributed by atoms with van der Waals surface area (Å²) in [4.78, 5) is 21.2. The van der Waals surface area contributed by atoms with Crippen molar-refractivity contribution in [2.45, 2.75) is 69.3 Å². The molecule has 23 heavy (non-hydrogen) atoms. The van der Waals surface area contributed by atoms with E-state index in [1.165, 1.54) is 68.5 Å². The van der Waals surface area contributed by atoms with Crippen LogP contribution in [0.3, 0.4) is 0 Å². The zero-order chi connectivity index (χ0) is 17.3. The van der Waals surface area contributed by atoms with Crippen LogP contribution in [0.25, 0.3) is 0 Å². The van der Waals surface area contributed by atoms with Gasteiger partial charge in [0.1, 0.15) is 4.58 Å². The van der Waals surface area contributed by atoms with E-state index in [2.05, 4.69) is 18.8 Å². The largest absolute Gasteiger partial charge is 0.481 e. The maximum Gasteiger partial charge on any atom is 0.313 e. The van der Waals surface area contributed by atoms with Gasteiger partial charge in [-0.15, -0.1) is 29.4 Å². The number of carboxylic acids is 2. The number of carboxylic acid groups (broad SMARTS) is 2. The van der Waals surface area contributed by atoms with Crippen LogP contribution < -0.4 is 0 Å². The molecule has 0 aromatic carbocycles. The first-order valence-electron chi connectivity index (χ1n) is 8.21. The Labute approximate surface area is 148 Å². The van der Waals surface area contributed by atoms with Crippen LogP contribution in [0, 0.1) is 11.8 Å². The highest BCUT2D eigenvalue weighted by atomic mass is 32.2. The maximum atomic E-state index is 10.6. The fourth-order valence-corrected chi connectivity index (χ4v) is 3.64. The van der Waals surface area contributed by atoms with Crippen molar-refractivity contribution in [2.24, 2.45) is 0 Å². The van der Waals surface area contributed by atoms with E-state index in [0.717, 1.165) is 12.8 Å². The minimum atomic E-state index is -0.902. The molecule has 0 heterocycles. The Bertz CT molecular complexity index is 370. The van der Waals surface area contributed by atoms with Gasteiger partial charge in [0.2, 0.25) is 0 Å². The number of hydrogen-bond acceptors (Lipinski definition) is 4. The number of carbonyl (C=O) groups is 2. The van der Waals surface area contributed by atoms with Gasteiger partial charge in [-0.2, -0.15) is 0 Å². The zero-order valence-corrected chi connectivity index (χ0v) is 15.5. The summed E-state index contributed by atoms with van der Waals surface area (Å²) in [6.45, 7) is 2.22. The summed E-state index contributed by atoms with van der Waals surface area (Å²) in [5, 5.41) is 17.4. The van der Waals surface area contributed by atoms with Crippen LogP contribution in [0.2, 0.25) is 0 Å². The molecule has 0 spiro atoms. The van der Waals surface area contributed by atoms with E-state index >= 15 is 0 Å². The van der Waals surface area contributed by atoms with Crippen molar-refractivity contribution in [1.29, 1.82) is 0 Å². The standard InChI is InChI=1S/C17H28O4S2/c1-2-3-4-5-6-7-8-9-10-11-12-17(22-13-15(18)19)23-14-16(20)21/h17H,2-10,13-14H2,1H3,(H,18,19)(H,20,21). The third kappa shape index (κ3) is 17.4. The zero-order valence-electron chi connectivity index (χ0n) is 13.9. The Hall–Kier alpha value is -0.800. The van der Waals surface area contributed by atoms with Crippen molar-refractivity contribution in [3.63, 3.8) is 0 Å². The SMILES string of the molecule is CCCCCCCCCCC#CC(SCC(=O)O)SCC(=O)O. The average molecular weight is 361 g/mol. The van der Waals surface area contributed by atoms with E-state index in [9.17, 15) is 9.59 Å². The molecule has 0 amide bonds. The third-order valence-electron chi connectivity index (χ3n) is 3.09. The lowest BCUT2D eigenvalue weighted by Crippen LogP contribution is -2.07. The number of hydrogen-bond donors (Lipinski definition) is 2. The summed E-state index contributed by atoms with van der Waals surface area (Å²) in [5.74, 6) is 4.16. The van der Waals surface area contributed by atoms with Crippen LogP contribution >= 0.6 is 23.5 Å². The summed E-state index contributed by atoms with van der Waals surface area (Å²) in [6.07, 6.45) is 10.8. The average Bonchev–Trinajstić information content (AvgIpc) is 2.50. The predicted octanol–water partition coefficient (Wildman–Crippen LogP) is 4.48. The highest BCUT2D eigenvalue weighted by Crippen LogP contribution is 2.23. The first-order valence-corrected chi connectivity index (χ1v) is 10.3. The number of aliphatic carboxylic acids is 2. The molecule has 0 aromatic heterocycles. The first-order chi connectivity index (χ1) is 11.1. The van der Waals surface area contributed by atoms with Gasteiger partial charge in [0, 0.05) is 6.42 Å². The van der Waals surface area contributed by atoms with Crippen molar-refractivity contribution < 1.29 is 19.8 Å². The summed E-state index contributed by atoms with van der Waals surface area (Å²) < 4.78 is -0.281. The van der Waals surface area contributed by atoms with Crippen molar-refractivity contribution in [3.05, 3.63) is 0 Å². The van der Waals surface area contributed by atoms with Crippen molar-refractivity contribution in [2.75, 3.05) is 11.5 Å². The predicted molar refractivity (Wildman–Crippen MR) is 99.0 cm³/mol. The van der Waals surface area contributed by atoms with Gasteiger partial charge in [-0.05, 0) is 6.42 Å². The lowest BCUT2D eigenvalue weighted by Gasteiger charge is -2.06. The van der Waals surface area contributed by atoms with Gasteiger partial charge < -0.3 is 10.2 Å². The van der Waals surface area contributed by atoms with E-state index in [1.807, 2.05) is 0 Å². The highest BCUT2D eigenvalue weighted by Gasteiger charge is 2.11. The van der Waals surface area contributed by atoms with Gasteiger partial charge in [-0.25, -0.2) is 0 Å². The maximum absolute atomic E-state index is 10.6. The molecule has 0 rings (SSSR count). The Morgan fingerprint density at radius 3 is 1.83 bits per heavy atom. The Kier molecular flexibility index (Phi) is 15.5. The number of unbranched alkanes of at least 4 members (excludes halogenated alkanes) is 8. The molecule has 0 aromatic rings. The summed E-state index contributed by atoms with van der Waals surface area (Å²) in [7, 11) is 0. The monoisotopic (exact) mass is 360 g/mol. The van der Waals surface area contributed by atoms with Gasteiger partial charge >= 0.3 is 11.9 Å². The lowest BCUT2D eigenvalue weighted by molar-refractivity contribution is -0.134. The molecule has 0 radical (unpaired) electrons. The second-order valence-electron chi connectivity index (χ2n) is 5.29. The van der Waals surface area contributed by atoms with Gasteiger partial charge in [-0.3, -0.25) is 9.59 Å². The smallest absolute Gasteiger partial charge is 0.313 e. The third-order valence-corrected chi connectivity index (χ3v) is 5.58. The van der Waals surface area contributed by atoms with Gasteiger partial charge in [0.15, 0.2) is 0 Å². The molecule has 4 nitrogen and oxygen atoms in total. The van der Waals surface area contributed by atoms with E-state index in [0.29, 0.717) is 0 Å². The quantitative estimate of drug-likeness (QED) is 0.270. The molecule has 0 aliphatic heterocycles. The van der Waals surface area contributed by atoms with Crippen LogP contribution in [0.1, 0.15) is 64.7 Å². The van der Waals surface area contributed by atoms with Crippen molar-refractivity contribution in [3.8, 4) is 11.8 Å². The molecule has 6 heteroatoms. The molecule has 0 aliphatic carbocycles. The van der Waals surface area contributed by atoms with Gasteiger partial charge in [0.05, 0.1) is 11.5 Å². The lowest BCUT2D eigenvalue weighted by atomic mass is 10.1. The Morgan fingerprint density at radius 1 is 0.870 bits per heavy atom. The molecule has 0 aliphatic rings. The van der Waals surface area contributed by atoms with Crippen LogP contribution in [0.15, 0.2) is 0 Å². The molecule has 0 saturated carbocycles. The molecule has 132 valence electrons. The molecule has 2 N–H and O–H groups in total. The molecule has 0 bridgehead atoms. The van der Waals surface area contributed by atoms with Crippen LogP contribution in [0.5, 0.6) is 0 Å². The molecule has 0 saturated heterocycles. The minimum Gasteiger partial charge on any atom is -0.481 e. The van der Waals surface area contributed by atoms with Crippen LogP contribution in [0.4, 0.5) is 0 Å². The Balaban J connectivity index is 3.83. The minimum absolute atomic E-state index is 0.0519. The fourth-order valence-electron chi connectivity index (χ4n) is 1.93. The number of rotatable bonds is 14.